The number of halogens is 1. The Bertz CT molecular complexity index is 1330. The zero-order chi connectivity index (χ0) is 24.6. The van der Waals surface area contributed by atoms with Gasteiger partial charge < -0.3 is 9.47 Å². The van der Waals surface area contributed by atoms with Crippen molar-refractivity contribution in [3.63, 3.8) is 0 Å². The fourth-order valence-corrected chi connectivity index (χ4v) is 4.11. The predicted octanol–water partition coefficient (Wildman–Crippen LogP) is 4.85. The molecule has 4 rings (SSSR count). The second-order valence-corrected chi connectivity index (χ2v) is 8.56. The third-order valence-electron chi connectivity index (χ3n) is 4.89. The van der Waals surface area contributed by atoms with Crippen LogP contribution in [0.15, 0.2) is 83.1 Å². The van der Waals surface area contributed by atoms with Crippen LogP contribution in [0.1, 0.15) is 5.56 Å². The molecule has 0 aliphatic carbocycles. The fourth-order valence-electron chi connectivity index (χ4n) is 3.23. The van der Waals surface area contributed by atoms with Gasteiger partial charge in [0.1, 0.15) is 0 Å². The van der Waals surface area contributed by atoms with Crippen molar-refractivity contribution in [3.05, 3.63) is 83.4 Å². The van der Waals surface area contributed by atoms with Crippen molar-refractivity contribution in [1.82, 2.24) is 20.2 Å². The number of thioether (sulfide) groups is 1. The van der Waals surface area contributed by atoms with Crippen LogP contribution in [0, 0.1) is 0 Å². The lowest BCUT2D eigenvalue weighted by molar-refractivity contribution is -0.118. The number of ether oxygens (including phenoxy) is 2. The van der Waals surface area contributed by atoms with E-state index in [-0.39, 0.29) is 11.7 Å². The molecule has 1 heterocycles. The number of hydrogen-bond donors (Lipinski definition) is 1. The molecular weight excluding hydrogens is 486 g/mol. The maximum absolute atomic E-state index is 12.4. The van der Waals surface area contributed by atoms with E-state index in [1.165, 1.54) is 18.0 Å². The summed E-state index contributed by atoms with van der Waals surface area (Å²) in [5.74, 6) is 1.68. The third kappa shape index (κ3) is 6.00. The molecule has 3 aromatic carbocycles. The summed E-state index contributed by atoms with van der Waals surface area (Å²) in [6, 6.07) is 22.5. The van der Waals surface area contributed by atoms with Crippen molar-refractivity contribution >= 4 is 35.5 Å². The first kappa shape index (κ1) is 24.3. The van der Waals surface area contributed by atoms with Crippen LogP contribution < -0.4 is 14.9 Å². The van der Waals surface area contributed by atoms with E-state index in [0.29, 0.717) is 27.5 Å². The second-order valence-electron chi connectivity index (χ2n) is 7.18. The number of nitrogens with zero attached hydrogens (tertiary/aromatic N) is 4. The third-order valence-corrected chi connectivity index (χ3v) is 6.07. The number of nitrogens with one attached hydrogen (secondary N) is 1. The maximum atomic E-state index is 12.4. The SMILES string of the molecule is COc1ccc(C=NNC(=O)CSc2nnc(-c3ccccc3)n2-c2ccc(Cl)cc2)cc1OC. The standard InChI is InChI=1S/C25H22ClN5O3S/c1-33-21-13-8-17(14-22(21)34-2)15-27-28-23(32)16-35-25-30-29-24(18-6-4-3-5-7-18)31(25)20-11-9-19(26)10-12-20/h3-15H,16H2,1-2H3,(H,28,32). The van der Waals surface area contributed by atoms with Crippen molar-refractivity contribution < 1.29 is 14.3 Å². The van der Waals surface area contributed by atoms with E-state index < -0.39 is 0 Å². The molecule has 0 bridgehead atoms. The fraction of sp³-hybridized carbons (Fsp3) is 0.120. The van der Waals surface area contributed by atoms with Crippen molar-refractivity contribution in [2.24, 2.45) is 5.10 Å². The minimum Gasteiger partial charge on any atom is -0.493 e. The lowest BCUT2D eigenvalue weighted by atomic mass is 10.2. The molecule has 0 spiro atoms. The number of amides is 1. The predicted molar refractivity (Wildman–Crippen MR) is 138 cm³/mol. The minimum absolute atomic E-state index is 0.101. The molecule has 0 saturated heterocycles. The average Bonchev–Trinajstić information content (AvgIpc) is 3.32. The summed E-state index contributed by atoms with van der Waals surface area (Å²) in [5, 5.41) is 13.9. The molecule has 10 heteroatoms. The highest BCUT2D eigenvalue weighted by atomic mass is 35.5. The Morgan fingerprint density at radius 2 is 1.77 bits per heavy atom. The van der Waals surface area contributed by atoms with Gasteiger partial charge in [-0.25, -0.2) is 5.43 Å². The summed E-state index contributed by atoms with van der Waals surface area (Å²) >= 11 is 7.33. The second kappa shape index (κ2) is 11.5. The highest BCUT2D eigenvalue weighted by Crippen LogP contribution is 2.29. The number of rotatable bonds is 9. The zero-order valence-electron chi connectivity index (χ0n) is 19.0. The van der Waals surface area contributed by atoms with Gasteiger partial charge in [-0.15, -0.1) is 10.2 Å². The molecule has 0 saturated carbocycles. The van der Waals surface area contributed by atoms with Gasteiger partial charge in [-0.05, 0) is 48.0 Å². The number of methoxy groups -OCH3 is 2. The van der Waals surface area contributed by atoms with Gasteiger partial charge in [0.25, 0.3) is 5.91 Å². The zero-order valence-corrected chi connectivity index (χ0v) is 20.6. The Labute approximate surface area is 211 Å². The monoisotopic (exact) mass is 507 g/mol. The topological polar surface area (TPSA) is 90.6 Å². The molecule has 0 radical (unpaired) electrons. The first-order valence-electron chi connectivity index (χ1n) is 10.5. The molecule has 178 valence electrons. The minimum atomic E-state index is -0.279. The van der Waals surface area contributed by atoms with E-state index >= 15 is 0 Å². The highest BCUT2D eigenvalue weighted by molar-refractivity contribution is 7.99. The van der Waals surface area contributed by atoms with Crippen molar-refractivity contribution in [2.75, 3.05) is 20.0 Å². The van der Waals surface area contributed by atoms with Gasteiger partial charge in [-0.1, -0.05) is 53.7 Å². The van der Waals surface area contributed by atoms with E-state index in [1.54, 1.807) is 38.5 Å². The summed E-state index contributed by atoms with van der Waals surface area (Å²) in [6.45, 7) is 0. The molecule has 1 aromatic heterocycles. The molecule has 0 atom stereocenters. The lowest BCUT2D eigenvalue weighted by Gasteiger charge is -2.10. The largest absolute Gasteiger partial charge is 0.493 e. The van der Waals surface area contributed by atoms with E-state index in [0.717, 1.165) is 16.8 Å². The van der Waals surface area contributed by atoms with Crippen LogP contribution in [0.25, 0.3) is 17.1 Å². The van der Waals surface area contributed by atoms with E-state index in [1.807, 2.05) is 53.1 Å². The number of benzene rings is 3. The molecule has 0 aliphatic rings. The highest BCUT2D eigenvalue weighted by Gasteiger charge is 2.17. The van der Waals surface area contributed by atoms with Gasteiger partial charge >= 0.3 is 0 Å². The molecule has 1 N–H and O–H groups in total. The molecule has 4 aromatic rings. The van der Waals surface area contributed by atoms with Crippen LogP contribution in [0.2, 0.25) is 5.02 Å². The smallest absolute Gasteiger partial charge is 0.250 e. The van der Waals surface area contributed by atoms with E-state index in [4.69, 9.17) is 21.1 Å². The quantitative estimate of drug-likeness (QED) is 0.198. The van der Waals surface area contributed by atoms with Crippen LogP contribution in [0.3, 0.4) is 0 Å². The van der Waals surface area contributed by atoms with Crippen molar-refractivity contribution in [2.45, 2.75) is 5.16 Å². The number of carbonyl (C=O) groups excluding carboxylic acids is 1. The molecule has 1 amide bonds. The van der Waals surface area contributed by atoms with Crippen LogP contribution in [-0.4, -0.2) is 46.9 Å². The van der Waals surface area contributed by atoms with Gasteiger partial charge in [-0.2, -0.15) is 5.10 Å². The Balaban J connectivity index is 1.46. The summed E-state index contributed by atoms with van der Waals surface area (Å²) < 4.78 is 12.4. The molecule has 0 unspecified atom stereocenters. The van der Waals surface area contributed by atoms with Gasteiger partial charge in [0.2, 0.25) is 0 Å². The first-order chi connectivity index (χ1) is 17.1. The van der Waals surface area contributed by atoms with Gasteiger partial charge in [0.05, 0.1) is 26.2 Å². The van der Waals surface area contributed by atoms with Crippen LogP contribution in [0.5, 0.6) is 11.5 Å². The average molecular weight is 508 g/mol. The molecular formula is C25H22ClN5O3S. The normalized spacial score (nSPS) is 10.9. The summed E-state index contributed by atoms with van der Waals surface area (Å²) in [6.07, 6.45) is 1.54. The van der Waals surface area contributed by atoms with Crippen molar-refractivity contribution in [3.8, 4) is 28.6 Å². The molecule has 0 aliphatic heterocycles. The van der Waals surface area contributed by atoms with E-state index in [9.17, 15) is 4.79 Å². The van der Waals surface area contributed by atoms with Gasteiger partial charge in [0.15, 0.2) is 22.5 Å². The van der Waals surface area contributed by atoms with Gasteiger partial charge in [0, 0.05) is 16.3 Å². The van der Waals surface area contributed by atoms with Crippen molar-refractivity contribution in [1.29, 1.82) is 0 Å². The lowest BCUT2D eigenvalue weighted by Crippen LogP contribution is -2.20. The Kier molecular flexibility index (Phi) is 8.02. The Hall–Kier alpha value is -3.82. The van der Waals surface area contributed by atoms with E-state index in [2.05, 4.69) is 20.7 Å². The molecule has 35 heavy (non-hydrogen) atoms. The van der Waals surface area contributed by atoms with Gasteiger partial charge in [-0.3, -0.25) is 9.36 Å². The Morgan fingerprint density at radius 1 is 1.03 bits per heavy atom. The molecule has 0 fully saturated rings. The number of carbonyl (C=O) groups is 1. The first-order valence-corrected chi connectivity index (χ1v) is 11.9. The van der Waals surface area contributed by atoms with Crippen LogP contribution in [0.4, 0.5) is 0 Å². The number of aromatic nitrogens is 3. The number of hydrogen-bond acceptors (Lipinski definition) is 7. The van der Waals surface area contributed by atoms with Crippen LogP contribution >= 0.6 is 23.4 Å². The molecule has 8 nitrogen and oxygen atoms in total. The maximum Gasteiger partial charge on any atom is 0.250 e. The Morgan fingerprint density at radius 3 is 2.49 bits per heavy atom. The number of hydrazone groups is 1. The summed E-state index contributed by atoms with van der Waals surface area (Å²) in [5.41, 5.74) is 5.04. The van der Waals surface area contributed by atoms with Crippen LogP contribution in [-0.2, 0) is 4.79 Å². The summed E-state index contributed by atoms with van der Waals surface area (Å²) in [4.78, 5) is 12.4. The summed E-state index contributed by atoms with van der Waals surface area (Å²) in [7, 11) is 3.13.